The average Bonchev–Trinajstić information content (AvgIpc) is 3.69. The van der Waals surface area contributed by atoms with Gasteiger partial charge in [-0.1, -0.05) is 39.0 Å². The Labute approximate surface area is 340 Å². The fourth-order valence-corrected chi connectivity index (χ4v) is 10.3. The number of carbonyl (C=O) groups excluding carboxylic acids is 4. The van der Waals surface area contributed by atoms with Gasteiger partial charge >= 0.3 is 12.2 Å². The number of rotatable bonds is 7. The normalized spacial score (nSPS) is 25.9. The second-order valence-corrected chi connectivity index (χ2v) is 17.3. The molecule has 4 amide bonds. The topological polar surface area (TPSA) is 184 Å². The van der Waals surface area contributed by atoms with E-state index in [1.165, 1.54) is 14.2 Å². The maximum atomic E-state index is 13.8. The number of nitrogens with zero attached hydrogens (tertiary/aromatic N) is 4. The number of imidazole rings is 2. The van der Waals surface area contributed by atoms with Crippen molar-refractivity contribution in [1.82, 2.24) is 40.4 Å². The van der Waals surface area contributed by atoms with Crippen LogP contribution in [0.1, 0.15) is 75.8 Å². The summed E-state index contributed by atoms with van der Waals surface area (Å²) in [5.41, 5.74) is 6.69. The Kier molecular flexibility index (Phi) is 8.83. The van der Waals surface area contributed by atoms with Gasteiger partial charge in [0.05, 0.1) is 49.2 Å². The van der Waals surface area contributed by atoms with Gasteiger partial charge in [-0.3, -0.25) is 9.59 Å². The largest absolute Gasteiger partial charge is 0.488 e. The van der Waals surface area contributed by atoms with E-state index in [9.17, 15) is 19.2 Å². The summed E-state index contributed by atoms with van der Waals surface area (Å²) in [6.07, 6.45) is 4.13. The maximum Gasteiger partial charge on any atom is 0.407 e. The number of carbonyl (C=O) groups is 4. The summed E-state index contributed by atoms with van der Waals surface area (Å²) in [6, 6.07) is 13.1. The molecule has 15 heteroatoms. The van der Waals surface area contributed by atoms with Gasteiger partial charge in [-0.05, 0) is 95.7 Å². The number of alkyl carbamates (subject to hydrolysis) is 2. The molecule has 3 saturated heterocycles. The molecule has 59 heavy (non-hydrogen) atoms. The second-order valence-electron chi connectivity index (χ2n) is 17.3. The van der Waals surface area contributed by atoms with E-state index >= 15 is 0 Å². The van der Waals surface area contributed by atoms with Gasteiger partial charge in [-0.25, -0.2) is 19.6 Å². The second kappa shape index (κ2) is 14.0. The summed E-state index contributed by atoms with van der Waals surface area (Å²) < 4.78 is 16.0. The molecule has 0 bridgehead atoms. The number of hydrogen-bond acceptors (Lipinski definition) is 9. The predicted octanol–water partition coefficient (Wildman–Crippen LogP) is 6.36. The number of ether oxygens (including phenoxy) is 3. The molecular weight excluding hydrogens is 753 g/mol. The molecule has 5 aliphatic rings. The van der Waals surface area contributed by atoms with Crippen LogP contribution in [0.25, 0.3) is 44.2 Å². The zero-order chi connectivity index (χ0) is 40.9. The Morgan fingerprint density at radius 1 is 0.966 bits per heavy atom. The number of H-pyrrole nitrogens is 2. The van der Waals surface area contributed by atoms with Crippen molar-refractivity contribution in [2.24, 2.45) is 23.7 Å². The quantitative estimate of drug-likeness (QED) is 0.145. The first-order valence-electron chi connectivity index (χ1n) is 20.6. The number of hydrogen-bond donors (Lipinski definition) is 4. The van der Waals surface area contributed by atoms with Crippen LogP contribution in [-0.2, 0) is 25.7 Å². The molecule has 4 fully saturated rings. The number of benzene rings is 3. The Bertz CT molecular complexity index is 2550. The van der Waals surface area contributed by atoms with Crippen LogP contribution in [0.15, 0.2) is 48.7 Å². The van der Waals surface area contributed by atoms with Crippen LogP contribution in [0, 0.1) is 23.7 Å². The first-order chi connectivity index (χ1) is 28.5. The van der Waals surface area contributed by atoms with E-state index in [4.69, 9.17) is 24.2 Å². The first-order valence-corrected chi connectivity index (χ1v) is 20.6. The van der Waals surface area contributed by atoms with Gasteiger partial charge in [-0.15, -0.1) is 0 Å². The fourth-order valence-electron chi connectivity index (χ4n) is 10.3. The van der Waals surface area contributed by atoms with Crippen molar-refractivity contribution >= 4 is 45.8 Å². The smallest absolute Gasteiger partial charge is 0.407 e. The molecule has 1 saturated carbocycles. The summed E-state index contributed by atoms with van der Waals surface area (Å²) in [5, 5.41) is 7.48. The lowest BCUT2D eigenvalue weighted by Gasteiger charge is -2.41. The van der Waals surface area contributed by atoms with Crippen LogP contribution in [0.5, 0.6) is 5.75 Å². The van der Waals surface area contributed by atoms with E-state index in [1.807, 2.05) is 42.8 Å². The number of aromatic amines is 2. The lowest BCUT2D eigenvalue weighted by Crippen LogP contribution is -2.58. The number of amides is 4. The average molecular weight is 801 g/mol. The van der Waals surface area contributed by atoms with Crippen molar-refractivity contribution < 1.29 is 33.4 Å². The van der Waals surface area contributed by atoms with Crippen molar-refractivity contribution in [2.75, 3.05) is 20.8 Å². The van der Waals surface area contributed by atoms with Crippen LogP contribution in [0.2, 0.25) is 0 Å². The van der Waals surface area contributed by atoms with E-state index < -0.39 is 24.3 Å². The van der Waals surface area contributed by atoms with Crippen LogP contribution in [-0.4, -0.2) is 92.6 Å². The Hall–Kier alpha value is -6.12. The highest BCUT2D eigenvalue weighted by molar-refractivity contribution is 6.07. The molecule has 3 aromatic carbocycles. The molecule has 10 rings (SSSR count). The molecule has 5 aromatic rings. The number of likely N-dealkylation sites (tertiary alicyclic amines) is 1. The van der Waals surface area contributed by atoms with Crippen molar-refractivity contribution in [1.29, 1.82) is 0 Å². The summed E-state index contributed by atoms with van der Waals surface area (Å²) in [6.45, 7) is 6.87. The van der Waals surface area contributed by atoms with Gasteiger partial charge in [0.25, 0.3) is 0 Å². The molecule has 0 spiro atoms. The zero-order valence-corrected chi connectivity index (χ0v) is 33.7. The van der Waals surface area contributed by atoms with Gasteiger partial charge in [0.15, 0.2) is 0 Å². The fraction of sp³-hybridized carbons (Fsp3) is 0.455. The number of piperidine rings is 2. The van der Waals surface area contributed by atoms with Gasteiger partial charge in [0, 0.05) is 23.5 Å². The number of methoxy groups -OCH3 is 2. The van der Waals surface area contributed by atoms with Gasteiger partial charge in [0.2, 0.25) is 11.8 Å². The molecule has 6 heterocycles. The molecular formula is C44H48N8O7. The molecule has 4 N–H and O–H groups in total. The number of aromatic nitrogens is 4. The van der Waals surface area contributed by atoms with Gasteiger partial charge in [-0.2, -0.15) is 0 Å². The summed E-state index contributed by atoms with van der Waals surface area (Å²) >= 11 is 0. The molecule has 306 valence electrons. The first kappa shape index (κ1) is 37.2. The summed E-state index contributed by atoms with van der Waals surface area (Å²) in [5.74, 6) is 2.72. The SMILES string of the molecule is COC(=O)N[C@H](C(=O)N1C[C@H]2CC2[C@H]1c1ncc(-c2ccc3c(c2)COc2cc4c(ccc5[nH]c([C@@H]6CC[C@@H]7CC(C)[C@H](NC(=O)OC)C(=O)N76)nc54)cc2-3)[nH]1)C(C)C. The minimum absolute atomic E-state index is 0.00216. The molecule has 8 atom stereocenters. The van der Waals surface area contributed by atoms with E-state index in [0.29, 0.717) is 25.0 Å². The zero-order valence-electron chi connectivity index (χ0n) is 33.7. The highest BCUT2D eigenvalue weighted by atomic mass is 16.5. The highest BCUT2D eigenvalue weighted by Gasteiger charge is 2.56. The van der Waals surface area contributed by atoms with E-state index in [1.54, 1.807) is 0 Å². The van der Waals surface area contributed by atoms with Crippen molar-refractivity contribution in [3.05, 3.63) is 65.9 Å². The Morgan fingerprint density at radius 2 is 1.80 bits per heavy atom. The van der Waals surface area contributed by atoms with Crippen LogP contribution < -0.4 is 15.4 Å². The molecule has 4 aliphatic heterocycles. The molecule has 15 nitrogen and oxygen atoms in total. The van der Waals surface area contributed by atoms with Crippen molar-refractivity contribution in [3.8, 4) is 28.1 Å². The molecule has 2 aromatic heterocycles. The Morgan fingerprint density at radius 3 is 2.59 bits per heavy atom. The third-order valence-corrected chi connectivity index (χ3v) is 13.4. The maximum absolute atomic E-state index is 13.8. The lowest BCUT2D eigenvalue weighted by atomic mass is 9.88. The van der Waals surface area contributed by atoms with Crippen LogP contribution in [0.4, 0.5) is 9.59 Å². The van der Waals surface area contributed by atoms with E-state index in [0.717, 1.165) is 92.8 Å². The van der Waals surface area contributed by atoms with E-state index in [2.05, 4.69) is 57.0 Å². The summed E-state index contributed by atoms with van der Waals surface area (Å²) in [4.78, 5) is 72.5. The number of nitrogens with one attached hydrogen (secondary N) is 4. The van der Waals surface area contributed by atoms with Crippen LogP contribution in [0.3, 0.4) is 0 Å². The lowest BCUT2D eigenvalue weighted by molar-refractivity contribution is -0.142. The number of fused-ring (bicyclic) bond motifs is 8. The van der Waals surface area contributed by atoms with E-state index in [-0.39, 0.29) is 41.8 Å². The van der Waals surface area contributed by atoms with Crippen molar-refractivity contribution in [3.63, 3.8) is 0 Å². The van der Waals surface area contributed by atoms with Gasteiger partial charge < -0.3 is 44.6 Å². The third-order valence-electron chi connectivity index (χ3n) is 13.4. The summed E-state index contributed by atoms with van der Waals surface area (Å²) in [7, 11) is 2.60. The minimum Gasteiger partial charge on any atom is -0.488 e. The standard InChI is InChI=1S/C44H48N8O7/c1-20(2)35(49-43(55)57-4)41(53)51-18-24-15-29(24)38(51)40-45-17-32(47-40)23-6-9-27-25(13-23)19-59-34-16-28-22(14-30(27)34)7-10-31-37(28)48-39(46-31)33-11-8-26-12-21(3)36(42(54)52(26)33)50-44(56)58-5/h6-7,9-10,13-14,16-17,20-21,24,26,29,33,35-36,38H,8,11-12,15,18-19H2,1-5H3,(H,45,47)(H,46,48)(H,49,55)(H,50,56)/t21?,24-,26-,29?,33+,35+,36+,38+/m1/s1. The Balaban J connectivity index is 0.904. The van der Waals surface area contributed by atoms with Crippen molar-refractivity contribution in [2.45, 2.75) is 83.3 Å². The monoisotopic (exact) mass is 800 g/mol. The van der Waals surface area contributed by atoms with Gasteiger partial charge in [0.1, 0.15) is 36.1 Å². The minimum atomic E-state index is -0.691. The molecule has 1 aliphatic carbocycles. The van der Waals surface area contributed by atoms with Crippen LogP contribution >= 0.6 is 0 Å². The molecule has 0 radical (unpaired) electrons. The predicted molar refractivity (Wildman–Crippen MR) is 217 cm³/mol. The highest BCUT2D eigenvalue weighted by Crippen LogP contribution is 2.56. The third kappa shape index (κ3) is 6.15. The molecule has 2 unspecified atom stereocenters.